The first-order valence-corrected chi connectivity index (χ1v) is 9.59. The van der Waals surface area contributed by atoms with Crippen molar-refractivity contribution < 1.29 is 18.1 Å². The van der Waals surface area contributed by atoms with Crippen molar-refractivity contribution in [2.45, 2.75) is 4.90 Å². The lowest BCUT2D eigenvalue weighted by Crippen LogP contribution is -2.27. The Kier molecular flexibility index (Phi) is 4.25. The maximum absolute atomic E-state index is 12.2. The monoisotopic (exact) mass is 412 g/mol. The van der Waals surface area contributed by atoms with E-state index in [1.54, 1.807) is 24.3 Å². The molecule has 0 fully saturated rings. The van der Waals surface area contributed by atoms with Crippen LogP contribution < -0.4 is 11.2 Å². The Balaban J connectivity index is 1.92. The SMILES string of the molecule is O=c1[nH]c(O)c(C2=NC(=Nc3cccc(S(=O)(=O)O)c3)c3ccccc32)c(=O)[nH]1. The summed E-state index contributed by atoms with van der Waals surface area (Å²) in [5.74, 6) is -0.477. The molecule has 0 aliphatic carbocycles. The lowest BCUT2D eigenvalue weighted by Gasteiger charge is -2.03. The van der Waals surface area contributed by atoms with Crippen molar-refractivity contribution in [3.8, 4) is 5.88 Å². The maximum atomic E-state index is 12.2. The third-order valence-corrected chi connectivity index (χ3v) is 5.00. The number of H-pyrrole nitrogens is 2. The molecule has 1 aromatic heterocycles. The van der Waals surface area contributed by atoms with Gasteiger partial charge < -0.3 is 5.11 Å². The first kappa shape index (κ1) is 18.5. The predicted molar refractivity (Wildman–Crippen MR) is 104 cm³/mol. The third-order valence-electron chi connectivity index (χ3n) is 4.15. The van der Waals surface area contributed by atoms with E-state index in [9.17, 15) is 27.7 Å². The minimum absolute atomic E-state index is 0.0975. The molecule has 0 amide bonds. The lowest BCUT2D eigenvalue weighted by atomic mass is 10.0. The number of aromatic hydroxyl groups is 1. The first-order valence-electron chi connectivity index (χ1n) is 8.15. The number of hydrogen-bond donors (Lipinski definition) is 4. The number of nitrogens with zero attached hydrogens (tertiary/aromatic N) is 2. The second-order valence-electron chi connectivity index (χ2n) is 6.05. The Morgan fingerprint density at radius 2 is 1.69 bits per heavy atom. The van der Waals surface area contributed by atoms with E-state index in [2.05, 4.69) is 15.0 Å². The van der Waals surface area contributed by atoms with Crippen molar-refractivity contribution in [1.29, 1.82) is 0 Å². The van der Waals surface area contributed by atoms with Crippen molar-refractivity contribution in [1.82, 2.24) is 9.97 Å². The summed E-state index contributed by atoms with van der Waals surface area (Å²) in [4.78, 5) is 36.0. The number of rotatable bonds is 3. The number of fused-ring (bicyclic) bond motifs is 1. The van der Waals surface area contributed by atoms with E-state index in [-0.39, 0.29) is 27.7 Å². The summed E-state index contributed by atoms with van der Waals surface area (Å²) < 4.78 is 31.9. The van der Waals surface area contributed by atoms with Crippen LogP contribution in [-0.2, 0) is 10.1 Å². The number of hydrogen-bond acceptors (Lipinski definition) is 6. The number of aromatic nitrogens is 2. The second-order valence-corrected chi connectivity index (χ2v) is 7.47. The molecule has 11 heteroatoms. The largest absolute Gasteiger partial charge is 0.494 e. The van der Waals surface area contributed by atoms with Crippen molar-refractivity contribution in [3.05, 3.63) is 86.1 Å². The van der Waals surface area contributed by atoms with Gasteiger partial charge in [0, 0.05) is 11.1 Å². The Hall–Kier alpha value is -3.83. The van der Waals surface area contributed by atoms with Gasteiger partial charge in [0.2, 0.25) is 5.88 Å². The molecule has 3 aromatic rings. The molecular weight excluding hydrogens is 400 g/mol. The zero-order chi connectivity index (χ0) is 20.8. The molecule has 146 valence electrons. The fraction of sp³-hybridized carbons (Fsp3) is 0. The fourth-order valence-corrected chi connectivity index (χ4v) is 3.44. The Labute approximate surface area is 162 Å². The van der Waals surface area contributed by atoms with Crippen LogP contribution >= 0.6 is 0 Å². The molecule has 1 aliphatic heterocycles. The van der Waals surface area contributed by atoms with E-state index in [1.807, 2.05) is 4.98 Å². The minimum Gasteiger partial charge on any atom is -0.494 e. The molecule has 0 radical (unpaired) electrons. The zero-order valence-corrected chi connectivity index (χ0v) is 15.3. The molecule has 0 atom stereocenters. The predicted octanol–water partition coefficient (Wildman–Crippen LogP) is 0.945. The molecule has 10 nitrogen and oxygen atoms in total. The molecule has 2 aromatic carbocycles. The molecule has 0 saturated heterocycles. The van der Waals surface area contributed by atoms with Gasteiger partial charge in [0.15, 0.2) is 5.84 Å². The molecule has 0 spiro atoms. The molecule has 4 rings (SSSR count). The van der Waals surface area contributed by atoms with Crippen LogP contribution in [0.1, 0.15) is 16.7 Å². The van der Waals surface area contributed by atoms with Gasteiger partial charge >= 0.3 is 5.69 Å². The Bertz CT molecular complexity index is 1430. The Morgan fingerprint density at radius 3 is 2.38 bits per heavy atom. The summed E-state index contributed by atoms with van der Waals surface area (Å²) in [6.07, 6.45) is 0. The van der Waals surface area contributed by atoms with E-state index >= 15 is 0 Å². The quantitative estimate of drug-likeness (QED) is 0.468. The fourth-order valence-electron chi connectivity index (χ4n) is 2.92. The van der Waals surface area contributed by atoms with Crippen LogP contribution in [0.3, 0.4) is 0 Å². The molecule has 0 bridgehead atoms. The molecular formula is C18H12N4O6S. The number of aromatic amines is 2. The zero-order valence-electron chi connectivity index (χ0n) is 14.4. The molecule has 4 N–H and O–H groups in total. The van der Waals surface area contributed by atoms with Crippen LogP contribution in [0.25, 0.3) is 0 Å². The molecule has 2 heterocycles. The van der Waals surface area contributed by atoms with Gasteiger partial charge in [-0.15, -0.1) is 0 Å². The summed E-state index contributed by atoms with van der Waals surface area (Å²) in [6, 6.07) is 12.1. The van der Waals surface area contributed by atoms with Gasteiger partial charge in [-0.25, -0.2) is 14.8 Å². The van der Waals surface area contributed by atoms with Gasteiger partial charge in [-0.05, 0) is 18.2 Å². The highest BCUT2D eigenvalue weighted by atomic mass is 32.2. The highest BCUT2D eigenvalue weighted by molar-refractivity contribution is 7.85. The van der Waals surface area contributed by atoms with Crippen LogP contribution in [0.4, 0.5) is 5.69 Å². The summed E-state index contributed by atoms with van der Waals surface area (Å²) in [7, 11) is -4.41. The van der Waals surface area contributed by atoms with E-state index in [1.165, 1.54) is 24.3 Å². The Morgan fingerprint density at radius 1 is 0.966 bits per heavy atom. The van der Waals surface area contributed by atoms with Gasteiger partial charge in [0.25, 0.3) is 15.7 Å². The summed E-state index contributed by atoms with van der Waals surface area (Å²) in [5.41, 5.74) is -0.591. The average molecular weight is 412 g/mol. The van der Waals surface area contributed by atoms with Crippen LogP contribution in [0.5, 0.6) is 5.88 Å². The number of nitrogens with one attached hydrogen (secondary N) is 2. The third kappa shape index (κ3) is 3.39. The van der Waals surface area contributed by atoms with Crippen molar-refractivity contribution in [2.75, 3.05) is 0 Å². The van der Waals surface area contributed by atoms with E-state index in [0.29, 0.717) is 11.1 Å². The smallest absolute Gasteiger partial charge is 0.328 e. The van der Waals surface area contributed by atoms with Crippen LogP contribution in [0.15, 0.2) is 73.0 Å². The van der Waals surface area contributed by atoms with Gasteiger partial charge in [-0.2, -0.15) is 8.42 Å². The molecule has 29 heavy (non-hydrogen) atoms. The van der Waals surface area contributed by atoms with Crippen molar-refractivity contribution in [2.24, 2.45) is 9.98 Å². The summed E-state index contributed by atoms with van der Waals surface area (Å²) in [5, 5.41) is 10.1. The molecule has 1 aliphatic rings. The molecule has 0 saturated carbocycles. The summed E-state index contributed by atoms with van der Waals surface area (Å²) in [6.45, 7) is 0. The maximum Gasteiger partial charge on any atom is 0.328 e. The van der Waals surface area contributed by atoms with Gasteiger partial charge in [0.1, 0.15) is 5.56 Å². The van der Waals surface area contributed by atoms with Crippen LogP contribution in [0.2, 0.25) is 0 Å². The average Bonchev–Trinajstić information content (AvgIpc) is 2.99. The minimum atomic E-state index is -4.41. The van der Waals surface area contributed by atoms with E-state index in [4.69, 9.17) is 0 Å². The second kappa shape index (κ2) is 6.65. The van der Waals surface area contributed by atoms with Crippen molar-refractivity contribution in [3.63, 3.8) is 0 Å². The highest BCUT2D eigenvalue weighted by Crippen LogP contribution is 2.27. The van der Waals surface area contributed by atoms with Crippen LogP contribution in [-0.4, -0.2) is 39.6 Å². The van der Waals surface area contributed by atoms with E-state index in [0.717, 1.165) is 0 Å². The van der Waals surface area contributed by atoms with Gasteiger partial charge in [-0.1, -0.05) is 30.3 Å². The summed E-state index contributed by atoms with van der Waals surface area (Å²) >= 11 is 0. The first-order chi connectivity index (χ1) is 13.7. The molecule has 0 unspecified atom stereocenters. The highest BCUT2D eigenvalue weighted by Gasteiger charge is 2.27. The van der Waals surface area contributed by atoms with Crippen LogP contribution in [0, 0.1) is 0 Å². The standard InChI is InChI=1S/C18H12N4O6S/c23-16-13(17(24)22-18(25)21-16)14-11-6-1-2-7-12(11)15(20-14)19-9-4-3-5-10(8-9)29(26,27)28/h1-8H,(H,26,27,28)(H3,21,22,23,24,25). The van der Waals surface area contributed by atoms with Gasteiger partial charge in [-0.3, -0.25) is 19.3 Å². The van der Waals surface area contributed by atoms with Crippen molar-refractivity contribution >= 4 is 27.4 Å². The number of aliphatic imine (C=N–C) groups is 2. The van der Waals surface area contributed by atoms with E-state index < -0.39 is 27.2 Å². The van der Waals surface area contributed by atoms with Gasteiger partial charge in [0.05, 0.1) is 16.3 Å². The topological polar surface area (TPSA) is 165 Å². The number of amidine groups is 1. The normalized spacial score (nSPS) is 14.7. The lowest BCUT2D eigenvalue weighted by molar-refractivity contribution is 0.447. The number of benzene rings is 2.